The van der Waals surface area contributed by atoms with Crippen molar-refractivity contribution >= 4 is 22.2 Å². The van der Waals surface area contributed by atoms with Crippen molar-refractivity contribution in [2.24, 2.45) is 5.10 Å². The van der Waals surface area contributed by atoms with E-state index in [-0.39, 0.29) is 0 Å². The van der Waals surface area contributed by atoms with Gasteiger partial charge in [0.15, 0.2) is 5.13 Å². The fourth-order valence-electron chi connectivity index (χ4n) is 0.679. The van der Waals surface area contributed by atoms with Crippen LogP contribution in [0.25, 0.3) is 0 Å². The summed E-state index contributed by atoms with van der Waals surface area (Å²) in [6, 6.07) is 0. The lowest BCUT2D eigenvalue weighted by atomic mass is 10.3. The molecule has 0 saturated heterocycles. The van der Waals surface area contributed by atoms with Crippen molar-refractivity contribution in [2.45, 2.75) is 6.92 Å². The second-order valence-electron chi connectivity index (χ2n) is 1.99. The van der Waals surface area contributed by atoms with Crippen LogP contribution < -0.4 is 11.2 Å². The first kappa shape index (κ1) is 8.00. The average Bonchev–Trinajstić information content (AvgIpc) is 2.36. The highest BCUT2D eigenvalue weighted by atomic mass is 32.1. The number of thiazole rings is 1. The van der Waals surface area contributed by atoms with Crippen LogP contribution in [0.2, 0.25) is 0 Å². The molecular formula is C6H10N4S. The number of hydrogen-bond donors (Lipinski definition) is 2. The smallest absolute Gasteiger partial charge is 0.180 e. The van der Waals surface area contributed by atoms with Gasteiger partial charge < -0.3 is 11.2 Å². The standard InChI is InChI=1S/C6H10N4S/c1-4(10-8-2)5-3-11-6(7)9-5/h3,8H,1-2H3,(H2,7,9)/b10-4+. The molecule has 0 bridgehead atoms. The predicted molar refractivity (Wildman–Crippen MR) is 47.8 cm³/mol. The maximum atomic E-state index is 5.44. The van der Waals surface area contributed by atoms with E-state index in [0.717, 1.165) is 11.4 Å². The van der Waals surface area contributed by atoms with Crippen LogP contribution in [0.3, 0.4) is 0 Å². The SMILES string of the molecule is CN/N=C(\C)c1csc(N)n1. The molecule has 0 aliphatic heterocycles. The minimum Gasteiger partial charge on any atom is -0.375 e. The summed E-state index contributed by atoms with van der Waals surface area (Å²) in [5, 5.41) is 6.42. The highest BCUT2D eigenvalue weighted by Gasteiger charge is 2.00. The van der Waals surface area contributed by atoms with E-state index >= 15 is 0 Å². The van der Waals surface area contributed by atoms with Gasteiger partial charge in [-0.05, 0) is 6.92 Å². The normalized spacial score (nSPS) is 11.6. The summed E-state index contributed by atoms with van der Waals surface area (Å²) in [5.74, 6) is 0. The third-order valence-electron chi connectivity index (χ3n) is 1.17. The van der Waals surface area contributed by atoms with Crippen molar-refractivity contribution in [3.63, 3.8) is 0 Å². The molecule has 0 amide bonds. The maximum Gasteiger partial charge on any atom is 0.180 e. The summed E-state index contributed by atoms with van der Waals surface area (Å²) in [5.41, 5.74) is 9.81. The van der Waals surface area contributed by atoms with E-state index in [0.29, 0.717) is 5.13 Å². The lowest BCUT2D eigenvalue weighted by molar-refractivity contribution is 0.898. The summed E-state index contributed by atoms with van der Waals surface area (Å²) < 4.78 is 0. The number of nitrogens with one attached hydrogen (secondary N) is 1. The van der Waals surface area contributed by atoms with Gasteiger partial charge in [-0.1, -0.05) is 0 Å². The molecule has 60 valence electrons. The van der Waals surface area contributed by atoms with Gasteiger partial charge in [-0.15, -0.1) is 11.3 Å². The zero-order valence-corrected chi connectivity index (χ0v) is 7.27. The molecule has 1 heterocycles. The second kappa shape index (κ2) is 3.34. The molecule has 0 spiro atoms. The monoisotopic (exact) mass is 170 g/mol. The Balaban J connectivity index is 2.84. The Hall–Kier alpha value is -1.10. The number of hydrogen-bond acceptors (Lipinski definition) is 5. The van der Waals surface area contributed by atoms with Gasteiger partial charge in [0.1, 0.15) is 0 Å². The average molecular weight is 170 g/mol. The van der Waals surface area contributed by atoms with E-state index in [2.05, 4.69) is 15.5 Å². The molecule has 1 rings (SSSR count). The minimum absolute atomic E-state index is 0.575. The quantitative estimate of drug-likeness (QED) is 0.506. The van der Waals surface area contributed by atoms with Gasteiger partial charge in [0, 0.05) is 12.4 Å². The van der Waals surface area contributed by atoms with Crippen LogP contribution >= 0.6 is 11.3 Å². The van der Waals surface area contributed by atoms with Crippen molar-refractivity contribution in [2.75, 3.05) is 12.8 Å². The van der Waals surface area contributed by atoms with Crippen molar-refractivity contribution in [3.8, 4) is 0 Å². The second-order valence-corrected chi connectivity index (χ2v) is 2.88. The van der Waals surface area contributed by atoms with Crippen molar-refractivity contribution in [1.29, 1.82) is 0 Å². The summed E-state index contributed by atoms with van der Waals surface area (Å²) in [6.07, 6.45) is 0. The molecular weight excluding hydrogens is 160 g/mol. The first-order valence-electron chi connectivity index (χ1n) is 3.16. The van der Waals surface area contributed by atoms with Gasteiger partial charge in [-0.25, -0.2) is 4.98 Å². The number of hydrazone groups is 1. The zero-order chi connectivity index (χ0) is 8.27. The Labute approximate surface area is 69.1 Å². The Morgan fingerprint density at radius 2 is 2.55 bits per heavy atom. The largest absolute Gasteiger partial charge is 0.375 e. The molecule has 1 aromatic heterocycles. The number of nitrogens with two attached hydrogens (primary N) is 1. The Morgan fingerprint density at radius 1 is 1.82 bits per heavy atom. The number of rotatable bonds is 2. The van der Waals surface area contributed by atoms with Gasteiger partial charge in [0.25, 0.3) is 0 Å². The maximum absolute atomic E-state index is 5.44. The molecule has 0 saturated carbocycles. The zero-order valence-electron chi connectivity index (χ0n) is 6.46. The molecule has 0 aliphatic carbocycles. The first-order valence-corrected chi connectivity index (χ1v) is 4.04. The van der Waals surface area contributed by atoms with Crippen molar-refractivity contribution < 1.29 is 0 Å². The van der Waals surface area contributed by atoms with Gasteiger partial charge in [-0.3, -0.25) is 0 Å². The summed E-state index contributed by atoms with van der Waals surface area (Å²) in [4.78, 5) is 4.05. The number of nitrogens with zero attached hydrogens (tertiary/aromatic N) is 2. The van der Waals surface area contributed by atoms with Gasteiger partial charge in [-0.2, -0.15) is 5.10 Å². The van der Waals surface area contributed by atoms with E-state index in [1.165, 1.54) is 11.3 Å². The fraction of sp³-hybridized carbons (Fsp3) is 0.333. The van der Waals surface area contributed by atoms with Gasteiger partial charge in [0.05, 0.1) is 11.4 Å². The molecule has 0 aromatic carbocycles. The summed E-state index contributed by atoms with van der Waals surface area (Å²) >= 11 is 1.42. The Bertz CT molecular complexity index is 265. The van der Waals surface area contributed by atoms with E-state index in [1.54, 1.807) is 7.05 Å². The van der Waals surface area contributed by atoms with E-state index in [1.807, 2.05) is 12.3 Å². The van der Waals surface area contributed by atoms with Crippen LogP contribution in [-0.2, 0) is 0 Å². The molecule has 0 fully saturated rings. The van der Waals surface area contributed by atoms with Crippen LogP contribution in [0.1, 0.15) is 12.6 Å². The molecule has 4 nitrogen and oxygen atoms in total. The van der Waals surface area contributed by atoms with Gasteiger partial charge in [0.2, 0.25) is 0 Å². The van der Waals surface area contributed by atoms with E-state index in [9.17, 15) is 0 Å². The summed E-state index contributed by atoms with van der Waals surface area (Å²) in [6.45, 7) is 1.88. The molecule has 5 heteroatoms. The lowest BCUT2D eigenvalue weighted by Gasteiger charge is -1.92. The molecule has 1 aromatic rings. The number of anilines is 1. The topological polar surface area (TPSA) is 63.3 Å². The molecule has 0 radical (unpaired) electrons. The lowest BCUT2D eigenvalue weighted by Crippen LogP contribution is -2.03. The summed E-state index contributed by atoms with van der Waals surface area (Å²) in [7, 11) is 1.75. The first-order chi connectivity index (χ1) is 5.24. The number of nitrogen functional groups attached to an aromatic ring is 1. The molecule has 0 atom stereocenters. The van der Waals surface area contributed by atoms with Crippen LogP contribution in [-0.4, -0.2) is 17.7 Å². The molecule has 3 N–H and O–H groups in total. The minimum atomic E-state index is 0.575. The molecule has 0 aliphatic rings. The Morgan fingerprint density at radius 3 is 3.00 bits per heavy atom. The van der Waals surface area contributed by atoms with E-state index < -0.39 is 0 Å². The Kier molecular flexibility index (Phi) is 2.43. The van der Waals surface area contributed by atoms with Crippen molar-refractivity contribution in [1.82, 2.24) is 10.4 Å². The highest BCUT2D eigenvalue weighted by molar-refractivity contribution is 7.13. The van der Waals surface area contributed by atoms with Crippen LogP contribution in [0.5, 0.6) is 0 Å². The third kappa shape index (κ3) is 1.91. The molecule has 0 unspecified atom stereocenters. The van der Waals surface area contributed by atoms with Crippen LogP contribution in [0.4, 0.5) is 5.13 Å². The van der Waals surface area contributed by atoms with Crippen molar-refractivity contribution in [3.05, 3.63) is 11.1 Å². The van der Waals surface area contributed by atoms with Gasteiger partial charge >= 0.3 is 0 Å². The molecule has 11 heavy (non-hydrogen) atoms. The van der Waals surface area contributed by atoms with Crippen LogP contribution in [0.15, 0.2) is 10.5 Å². The van der Waals surface area contributed by atoms with Crippen LogP contribution in [0, 0.1) is 0 Å². The predicted octanol–water partition coefficient (Wildman–Crippen LogP) is 0.669. The fourth-order valence-corrected chi connectivity index (χ4v) is 1.29. The highest BCUT2D eigenvalue weighted by Crippen LogP contribution is 2.11. The third-order valence-corrected chi connectivity index (χ3v) is 1.85. The number of aromatic nitrogens is 1. The van der Waals surface area contributed by atoms with E-state index in [4.69, 9.17) is 5.73 Å².